The van der Waals surface area contributed by atoms with Gasteiger partial charge in [0.05, 0.1) is 0 Å². The van der Waals surface area contributed by atoms with Crippen LogP contribution in [-0.2, 0) is 0 Å². The molecule has 0 radical (unpaired) electrons. The lowest BCUT2D eigenvalue weighted by Gasteiger charge is -2.33. The molecular formula is C15H31P. The molecule has 1 unspecified atom stereocenters. The van der Waals surface area contributed by atoms with Crippen LogP contribution in [0.1, 0.15) is 84.5 Å². The van der Waals surface area contributed by atoms with E-state index < -0.39 is 0 Å². The maximum absolute atomic E-state index is 2.54. The van der Waals surface area contributed by atoms with Crippen LogP contribution in [-0.4, -0.2) is 11.3 Å². The molecule has 0 amide bonds. The van der Waals surface area contributed by atoms with Crippen molar-refractivity contribution in [2.75, 3.05) is 6.16 Å². The van der Waals surface area contributed by atoms with Crippen molar-refractivity contribution < 1.29 is 0 Å². The summed E-state index contributed by atoms with van der Waals surface area (Å²) in [7, 11) is 1.25. The van der Waals surface area contributed by atoms with Crippen molar-refractivity contribution in [3.63, 3.8) is 0 Å². The predicted molar refractivity (Wildman–Crippen MR) is 78.0 cm³/mol. The quantitative estimate of drug-likeness (QED) is 0.375. The average molecular weight is 242 g/mol. The highest BCUT2D eigenvalue weighted by Gasteiger charge is 2.25. The molecule has 1 heteroatoms. The van der Waals surface area contributed by atoms with E-state index >= 15 is 0 Å². The topological polar surface area (TPSA) is 0 Å². The minimum absolute atomic E-state index is 0.752. The molecule has 0 saturated heterocycles. The predicted octanol–water partition coefficient (Wildman–Crippen LogP) is 5.75. The molecule has 0 heterocycles. The zero-order valence-electron chi connectivity index (χ0n) is 11.5. The van der Waals surface area contributed by atoms with Crippen molar-refractivity contribution in [1.29, 1.82) is 0 Å². The van der Waals surface area contributed by atoms with Crippen molar-refractivity contribution in [2.24, 2.45) is 0 Å². The van der Waals surface area contributed by atoms with Gasteiger partial charge in [-0.05, 0) is 30.6 Å². The van der Waals surface area contributed by atoms with Crippen molar-refractivity contribution in [3.05, 3.63) is 0 Å². The highest BCUT2D eigenvalue weighted by Crippen LogP contribution is 2.44. The van der Waals surface area contributed by atoms with Gasteiger partial charge in [-0.1, -0.05) is 65.2 Å². The molecule has 96 valence electrons. The minimum Gasteiger partial charge on any atom is -0.116 e. The first-order valence-electron chi connectivity index (χ1n) is 7.52. The zero-order chi connectivity index (χ0) is 11.7. The SMILES string of the molecule is CCCCCCCCPC1(C)CCCCC1. The van der Waals surface area contributed by atoms with Gasteiger partial charge in [0.15, 0.2) is 0 Å². The molecular weight excluding hydrogens is 211 g/mol. The molecule has 0 aromatic heterocycles. The standard InChI is InChI=1S/C15H31P/c1-3-4-5-6-7-11-14-16-15(2)12-9-8-10-13-15/h16H,3-14H2,1-2H3. The lowest BCUT2D eigenvalue weighted by atomic mass is 9.90. The van der Waals surface area contributed by atoms with Crippen LogP contribution in [0, 0.1) is 0 Å². The largest absolute Gasteiger partial charge is 0.116 e. The van der Waals surface area contributed by atoms with Crippen molar-refractivity contribution in [2.45, 2.75) is 89.6 Å². The summed E-state index contributed by atoms with van der Waals surface area (Å²) in [5.74, 6) is 0. The van der Waals surface area contributed by atoms with Crippen LogP contribution >= 0.6 is 8.58 Å². The summed E-state index contributed by atoms with van der Waals surface area (Å²) in [6.45, 7) is 4.84. The molecule has 1 saturated carbocycles. The molecule has 0 spiro atoms. The summed E-state index contributed by atoms with van der Waals surface area (Å²) in [4.78, 5) is 0. The first-order valence-corrected chi connectivity index (χ1v) is 8.72. The van der Waals surface area contributed by atoms with E-state index in [1.54, 1.807) is 0 Å². The van der Waals surface area contributed by atoms with Gasteiger partial charge in [-0.15, -0.1) is 8.58 Å². The second-order valence-corrected chi connectivity index (χ2v) is 7.88. The molecule has 0 nitrogen and oxygen atoms in total. The third kappa shape index (κ3) is 6.24. The van der Waals surface area contributed by atoms with Crippen LogP contribution in [0.25, 0.3) is 0 Å². The number of hydrogen-bond donors (Lipinski definition) is 0. The van der Waals surface area contributed by atoms with Crippen LogP contribution in [0.15, 0.2) is 0 Å². The first kappa shape index (κ1) is 14.5. The fraction of sp³-hybridized carbons (Fsp3) is 1.00. The molecule has 1 atom stereocenters. The molecule has 16 heavy (non-hydrogen) atoms. The van der Waals surface area contributed by atoms with Gasteiger partial charge in [0.1, 0.15) is 0 Å². The number of unbranched alkanes of at least 4 members (excludes halogenated alkanes) is 5. The molecule has 0 N–H and O–H groups in total. The van der Waals surface area contributed by atoms with E-state index in [0.29, 0.717) is 0 Å². The number of hydrogen-bond acceptors (Lipinski definition) is 0. The number of rotatable bonds is 8. The van der Waals surface area contributed by atoms with Crippen molar-refractivity contribution in [1.82, 2.24) is 0 Å². The molecule has 0 bridgehead atoms. The Balaban J connectivity index is 1.93. The highest BCUT2D eigenvalue weighted by molar-refractivity contribution is 7.39. The third-order valence-electron chi connectivity index (χ3n) is 4.04. The summed E-state index contributed by atoms with van der Waals surface area (Å²) in [5.41, 5.74) is 0. The Morgan fingerprint density at radius 2 is 1.50 bits per heavy atom. The fourth-order valence-electron chi connectivity index (χ4n) is 2.80. The Morgan fingerprint density at radius 1 is 0.875 bits per heavy atom. The Hall–Kier alpha value is 0.430. The second-order valence-electron chi connectivity index (χ2n) is 5.82. The average Bonchev–Trinajstić information content (AvgIpc) is 2.29. The molecule has 1 rings (SSSR count). The monoisotopic (exact) mass is 242 g/mol. The second kappa shape index (κ2) is 8.51. The minimum atomic E-state index is 0.752. The smallest absolute Gasteiger partial charge is 0.0150 e. The van der Waals surface area contributed by atoms with Gasteiger partial charge < -0.3 is 0 Å². The molecule has 0 aliphatic heterocycles. The molecule has 0 aromatic rings. The normalized spacial score (nSPS) is 20.6. The summed E-state index contributed by atoms with van der Waals surface area (Å²) in [5, 5.41) is 0.752. The van der Waals surface area contributed by atoms with Gasteiger partial charge >= 0.3 is 0 Å². The highest BCUT2D eigenvalue weighted by atomic mass is 31.1. The Kier molecular flexibility index (Phi) is 7.71. The van der Waals surface area contributed by atoms with E-state index in [4.69, 9.17) is 0 Å². The summed E-state index contributed by atoms with van der Waals surface area (Å²) < 4.78 is 0. The molecule has 0 aromatic carbocycles. The van der Waals surface area contributed by atoms with Gasteiger partial charge in [0.25, 0.3) is 0 Å². The fourth-order valence-corrected chi connectivity index (χ4v) is 4.54. The van der Waals surface area contributed by atoms with Crippen LogP contribution in [0.3, 0.4) is 0 Å². The zero-order valence-corrected chi connectivity index (χ0v) is 12.5. The molecule has 1 fully saturated rings. The Labute approximate surface area is 105 Å². The maximum atomic E-state index is 2.54. The van der Waals surface area contributed by atoms with Gasteiger partial charge in [-0.3, -0.25) is 0 Å². The van der Waals surface area contributed by atoms with E-state index in [9.17, 15) is 0 Å². The van der Waals surface area contributed by atoms with Crippen LogP contribution in [0.2, 0.25) is 0 Å². The van der Waals surface area contributed by atoms with E-state index in [2.05, 4.69) is 13.8 Å². The van der Waals surface area contributed by atoms with Crippen LogP contribution in [0.4, 0.5) is 0 Å². The van der Waals surface area contributed by atoms with E-state index in [1.807, 2.05) is 0 Å². The Bertz CT molecular complexity index is 159. The molecule has 1 aliphatic rings. The summed E-state index contributed by atoms with van der Waals surface area (Å²) >= 11 is 0. The lowest BCUT2D eigenvalue weighted by molar-refractivity contribution is 0.417. The summed E-state index contributed by atoms with van der Waals surface area (Å²) in [6.07, 6.45) is 17.8. The van der Waals surface area contributed by atoms with E-state index in [-0.39, 0.29) is 0 Å². The summed E-state index contributed by atoms with van der Waals surface area (Å²) in [6, 6.07) is 0. The van der Waals surface area contributed by atoms with E-state index in [1.165, 1.54) is 85.4 Å². The van der Waals surface area contributed by atoms with Crippen molar-refractivity contribution >= 4 is 8.58 Å². The van der Waals surface area contributed by atoms with Gasteiger partial charge in [0.2, 0.25) is 0 Å². The van der Waals surface area contributed by atoms with Crippen LogP contribution in [0.5, 0.6) is 0 Å². The molecule has 1 aliphatic carbocycles. The maximum Gasteiger partial charge on any atom is -0.0150 e. The van der Waals surface area contributed by atoms with Crippen molar-refractivity contribution in [3.8, 4) is 0 Å². The Morgan fingerprint density at radius 3 is 2.19 bits per heavy atom. The third-order valence-corrected chi connectivity index (χ3v) is 6.00. The van der Waals surface area contributed by atoms with Gasteiger partial charge in [-0.25, -0.2) is 0 Å². The van der Waals surface area contributed by atoms with Gasteiger partial charge in [-0.2, -0.15) is 0 Å². The first-order chi connectivity index (χ1) is 7.77. The van der Waals surface area contributed by atoms with Crippen LogP contribution < -0.4 is 0 Å². The lowest BCUT2D eigenvalue weighted by Crippen LogP contribution is -2.22. The van der Waals surface area contributed by atoms with E-state index in [0.717, 1.165) is 5.16 Å². The van der Waals surface area contributed by atoms with Gasteiger partial charge in [0, 0.05) is 0 Å².